The SMILES string of the molecule is NC(CC1CCCCCCC1)=NO. The van der Waals surface area contributed by atoms with E-state index in [1.807, 2.05) is 0 Å². The molecule has 0 bridgehead atoms. The highest BCUT2D eigenvalue weighted by molar-refractivity contribution is 5.79. The molecule has 0 aromatic carbocycles. The highest BCUT2D eigenvalue weighted by Crippen LogP contribution is 2.24. The molecule has 3 N–H and O–H groups in total. The minimum absolute atomic E-state index is 0.394. The number of amidine groups is 1. The Morgan fingerprint density at radius 1 is 1.15 bits per heavy atom. The first-order valence-corrected chi connectivity index (χ1v) is 5.29. The average Bonchev–Trinajstić information content (AvgIpc) is 2.09. The van der Waals surface area contributed by atoms with Gasteiger partial charge in [-0.05, 0) is 5.92 Å². The van der Waals surface area contributed by atoms with Crippen LogP contribution in [0.5, 0.6) is 0 Å². The largest absolute Gasteiger partial charge is 0.409 e. The zero-order chi connectivity index (χ0) is 9.52. The van der Waals surface area contributed by atoms with Crippen LogP contribution in [-0.4, -0.2) is 11.0 Å². The molecule has 0 heterocycles. The van der Waals surface area contributed by atoms with Crippen LogP contribution in [-0.2, 0) is 0 Å². The Morgan fingerprint density at radius 2 is 1.69 bits per heavy atom. The van der Waals surface area contributed by atoms with E-state index >= 15 is 0 Å². The molecular weight excluding hydrogens is 164 g/mol. The van der Waals surface area contributed by atoms with E-state index in [-0.39, 0.29) is 0 Å². The molecule has 3 nitrogen and oxygen atoms in total. The minimum Gasteiger partial charge on any atom is -0.409 e. The fourth-order valence-electron chi connectivity index (χ4n) is 2.08. The van der Waals surface area contributed by atoms with Gasteiger partial charge in [-0.3, -0.25) is 0 Å². The van der Waals surface area contributed by atoms with Crippen molar-refractivity contribution in [1.82, 2.24) is 0 Å². The molecule has 76 valence electrons. The number of hydrogen-bond donors (Lipinski definition) is 2. The van der Waals surface area contributed by atoms with E-state index in [0.29, 0.717) is 11.8 Å². The van der Waals surface area contributed by atoms with Crippen LogP contribution in [0.1, 0.15) is 51.4 Å². The van der Waals surface area contributed by atoms with E-state index in [1.54, 1.807) is 0 Å². The van der Waals surface area contributed by atoms with Gasteiger partial charge in [-0.25, -0.2) is 0 Å². The van der Waals surface area contributed by atoms with Crippen LogP contribution in [0.15, 0.2) is 5.16 Å². The first-order valence-electron chi connectivity index (χ1n) is 5.29. The first kappa shape index (κ1) is 10.4. The van der Waals surface area contributed by atoms with Crippen molar-refractivity contribution in [3.05, 3.63) is 0 Å². The fourth-order valence-corrected chi connectivity index (χ4v) is 2.08. The van der Waals surface area contributed by atoms with Crippen LogP contribution in [0, 0.1) is 5.92 Å². The normalized spacial score (nSPS) is 22.3. The van der Waals surface area contributed by atoms with Gasteiger partial charge in [0.25, 0.3) is 0 Å². The molecule has 1 aliphatic carbocycles. The fraction of sp³-hybridized carbons (Fsp3) is 0.900. The number of rotatable bonds is 2. The molecule has 3 heteroatoms. The maximum atomic E-state index is 8.45. The van der Waals surface area contributed by atoms with Crippen molar-refractivity contribution in [2.45, 2.75) is 51.4 Å². The molecular formula is C10H20N2O. The van der Waals surface area contributed by atoms with E-state index in [1.165, 1.54) is 44.9 Å². The summed E-state index contributed by atoms with van der Waals surface area (Å²) in [7, 11) is 0. The van der Waals surface area contributed by atoms with E-state index in [4.69, 9.17) is 10.9 Å². The maximum absolute atomic E-state index is 8.45. The number of oxime groups is 1. The van der Waals surface area contributed by atoms with Gasteiger partial charge in [-0.2, -0.15) is 0 Å². The summed E-state index contributed by atoms with van der Waals surface area (Å²) in [5.41, 5.74) is 5.49. The molecule has 1 saturated carbocycles. The molecule has 0 aromatic rings. The van der Waals surface area contributed by atoms with Crippen molar-refractivity contribution in [1.29, 1.82) is 0 Å². The maximum Gasteiger partial charge on any atom is 0.139 e. The molecule has 1 aliphatic rings. The van der Waals surface area contributed by atoms with Gasteiger partial charge in [0.05, 0.1) is 0 Å². The monoisotopic (exact) mass is 184 g/mol. The summed E-state index contributed by atoms with van der Waals surface area (Å²) < 4.78 is 0. The highest BCUT2D eigenvalue weighted by Gasteiger charge is 2.12. The van der Waals surface area contributed by atoms with Gasteiger partial charge in [0, 0.05) is 6.42 Å². The third-order valence-corrected chi connectivity index (χ3v) is 2.85. The topological polar surface area (TPSA) is 58.6 Å². The summed E-state index contributed by atoms with van der Waals surface area (Å²) >= 11 is 0. The zero-order valence-electron chi connectivity index (χ0n) is 8.21. The lowest BCUT2D eigenvalue weighted by atomic mass is 9.89. The average molecular weight is 184 g/mol. The Kier molecular flexibility index (Phi) is 4.65. The molecule has 13 heavy (non-hydrogen) atoms. The second kappa shape index (κ2) is 5.84. The third kappa shape index (κ3) is 4.15. The van der Waals surface area contributed by atoms with Crippen LogP contribution in [0.2, 0.25) is 0 Å². The summed E-state index contributed by atoms with van der Waals surface area (Å²) in [5, 5.41) is 11.5. The summed E-state index contributed by atoms with van der Waals surface area (Å²) in [6.07, 6.45) is 9.98. The Labute approximate surface area is 80.0 Å². The minimum atomic E-state index is 0.394. The molecule has 1 rings (SSSR count). The lowest BCUT2D eigenvalue weighted by Crippen LogP contribution is -2.17. The summed E-state index contributed by atoms with van der Waals surface area (Å²) in [6.45, 7) is 0. The van der Waals surface area contributed by atoms with Gasteiger partial charge in [-0.15, -0.1) is 0 Å². The van der Waals surface area contributed by atoms with Gasteiger partial charge in [0.2, 0.25) is 0 Å². The van der Waals surface area contributed by atoms with Crippen molar-refractivity contribution in [3.63, 3.8) is 0 Å². The molecule has 0 amide bonds. The lowest BCUT2D eigenvalue weighted by Gasteiger charge is -2.18. The third-order valence-electron chi connectivity index (χ3n) is 2.85. The second-order valence-corrected chi connectivity index (χ2v) is 4.01. The summed E-state index contributed by atoms with van der Waals surface area (Å²) in [5.74, 6) is 1.04. The van der Waals surface area contributed by atoms with Crippen molar-refractivity contribution < 1.29 is 5.21 Å². The van der Waals surface area contributed by atoms with Crippen molar-refractivity contribution >= 4 is 5.84 Å². The van der Waals surface area contributed by atoms with Crippen LogP contribution < -0.4 is 5.73 Å². The zero-order valence-corrected chi connectivity index (χ0v) is 8.21. The van der Waals surface area contributed by atoms with Gasteiger partial charge in [0.1, 0.15) is 5.84 Å². The van der Waals surface area contributed by atoms with Gasteiger partial charge in [0.15, 0.2) is 0 Å². The van der Waals surface area contributed by atoms with Crippen molar-refractivity contribution in [2.24, 2.45) is 16.8 Å². The summed E-state index contributed by atoms with van der Waals surface area (Å²) in [4.78, 5) is 0. The van der Waals surface area contributed by atoms with Crippen LogP contribution in [0.4, 0.5) is 0 Å². The highest BCUT2D eigenvalue weighted by atomic mass is 16.4. The Bertz CT molecular complexity index is 160. The molecule has 0 aliphatic heterocycles. The van der Waals surface area contributed by atoms with E-state index in [9.17, 15) is 0 Å². The summed E-state index contributed by atoms with van der Waals surface area (Å²) in [6, 6.07) is 0. The molecule has 0 spiro atoms. The predicted molar refractivity (Wildman–Crippen MR) is 53.8 cm³/mol. The van der Waals surface area contributed by atoms with Gasteiger partial charge >= 0.3 is 0 Å². The van der Waals surface area contributed by atoms with E-state index in [0.717, 1.165) is 6.42 Å². The van der Waals surface area contributed by atoms with E-state index in [2.05, 4.69) is 5.16 Å². The number of nitrogens with two attached hydrogens (primary N) is 1. The molecule has 0 radical (unpaired) electrons. The molecule has 1 fully saturated rings. The Hall–Kier alpha value is -0.730. The van der Waals surface area contributed by atoms with Gasteiger partial charge < -0.3 is 10.9 Å². The molecule has 0 unspecified atom stereocenters. The Balaban J connectivity index is 2.29. The van der Waals surface area contributed by atoms with Crippen molar-refractivity contribution in [3.8, 4) is 0 Å². The Morgan fingerprint density at radius 3 is 2.23 bits per heavy atom. The second-order valence-electron chi connectivity index (χ2n) is 4.01. The molecule has 0 saturated heterocycles. The molecule has 0 atom stereocenters. The van der Waals surface area contributed by atoms with Crippen LogP contribution in [0.25, 0.3) is 0 Å². The standard InChI is InChI=1S/C10H20N2O/c11-10(12-13)8-9-6-4-2-1-3-5-7-9/h9,13H,1-8H2,(H2,11,12). The molecule has 0 aromatic heterocycles. The lowest BCUT2D eigenvalue weighted by molar-refractivity contribution is 0.312. The van der Waals surface area contributed by atoms with Crippen LogP contribution >= 0.6 is 0 Å². The quantitative estimate of drug-likeness (QED) is 0.300. The van der Waals surface area contributed by atoms with Gasteiger partial charge in [-0.1, -0.05) is 50.1 Å². The van der Waals surface area contributed by atoms with Crippen LogP contribution in [0.3, 0.4) is 0 Å². The van der Waals surface area contributed by atoms with Crippen molar-refractivity contribution in [2.75, 3.05) is 0 Å². The number of nitrogens with zero attached hydrogens (tertiary/aromatic N) is 1. The smallest absolute Gasteiger partial charge is 0.139 e. The number of hydrogen-bond acceptors (Lipinski definition) is 2. The van der Waals surface area contributed by atoms with E-state index < -0.39 is 0 Å². The predicted octanol–water partition coefficient (Wildman–Crippen LogP) is 2.48. The first-order chi connectivity index (χ1) is 6.33.